The molecule has 4 fully saturated rings. The number of unbranched alkanes of at least 4 members (excludes halogenated alkanes) is 13. The summed E-state index contributed by atoms with van der Waals surface area (Å²) in [7, 11) is -3.23. The number of phosphoric ester groups is 1. The van der Waals surface area contributed by atoms with Gasteiger partial charge in [-0.25, -0.2) is 9.55 Å². The largest absolute Gasteiger partial charge is 0.472 e. The number of nitrogens with zero attached hydrogens (tertiary/aromatic N) is 3. The van der Waals surface area contributed by atoms with E-state index in [0.29, 0.717) is 110 Å². The number of hydrogen-bond acceptors (Lipinski definition) is 37. The molecule has 6 rings (SSSR count). The second-order valence-corrected chi connectivity index (χ2v) is 33.6. The molecule has 22 N–H and O–H groups in total. The van der Waals surface area contributed by atoms with E-state index in [1.54, 1.807) is 0 Å². The molecule has 4 saturated heterocycles. The van der Waals surface area contributed by atoms with Crippen LogP contribution in [0.15, 0.2) is 11.1 Å². The Balaban J connectivity index is 0.990. The van der Waals surface area contributed by atoms with E-state index in [1.165, 1.54) is 38.8 Å². The van der Waals surface area contributed by atoms with Gasteiger partial charge in [0.2, 0.25) is 53.2 Å². The number of H-pyrrole nitrogens is 1. The quantitative estimate of drug-likeness (QED) is 0.0219. The Labute approximate surface area is 748 Å². The Bertz CT molecular complexity index is 3650. The van der Waals surface area contributed by atoms with E-state index in [9.17, 15) is 104 Å². The fourth-order valence-electron chi connectivity index (χ4n) is 14.5. The second kappa shape index (κ2) is 60.4. The average Bonchev–Trinajstić information content (AvgIpc) is 1.62. The number of aromatic nitrogens is 4. The van der Waals surface area contributed by atoms with Crippen LogP contribution in [0.3, 0.4) is 0 Å². The maximum Gasteiger partial charge on any atom is 0.472 e. The lowest BCUT2D eigenvalue weighted by molar-refractivity contribution is -0.270. The number of nitrogens with one attached hydrogen (secondary N) is 9. The van der Waals surface area contributed by atoms with Gasteiger partial charge in [0.15, 0.2) is 36.3 Å². The Morgan fingerprint density at radius 1 is 0.465 bits per heavy atom. The summed E-state index contributed by atoms with van der Waals surface area (Å²) in [6.45, 7) is 1.73. The zero-order valence-corrected chi connectivity index (χ0v) is 74.9. The average molecular weight is 1880 g/mol. The molecule has 8 amide bonds. The minimum atomic E-state index is -4.68. The predicted molar refractivity (Wildman–Crippen MR) is 451 cm³/mol. The van der Waals surface area contributed by atoms with Crippen molar-refractivity contribution >= 4 is 72.2 Å². The highest BCUT2D eigenvalue weighted by atomic mass is 31.2. The fraction of sp³-hybridized carbons (Fsp3) is 0.838. The number of hydrogen-bond donors (Lipinski definition) is 21. The van der Waals surface area contributed by atoms with Crippen LogP contribution in [-0.4, -0.2) is 378 Å². The van der Waals surface area contributed by atoms with E-state index in [2.05, 4.69) is 57.5 Å². The van der Waals surface area contributed by atoms with Crippen LogP contribution in [0, 0.1) is 0 Å². The first kappa shape index (κ1) is 111. The van der Waals surface area contributed by atoms with Gasteiger partial charge in [0.25, 0.3) is 5.56 Å². The summed E-state index contributed by atoms with van der Waals surface area (Å²) in [5.74, 6) is -3.58. The molecule has 0 radical (unpaired) electrons. The molecule has 49 heteroatoms. The number of fused-ring (bicyclic) bond motifs is 1. The third-order valence-corrected chi connectivity index (χ3v) is 22.5. The van der Waals surface area contributed by atoms with Gasteiger partial charge in [-0.1, -0.05) is 57.8 Å². The second-order valence-electron chi connectivity index (χ2n) is 32.2. The Hall–Kier alpha value is -6.86. The third kappa shape index (κ3) is 39.7. The van der Waals surface area contributed by atoms with Crippen molar-refractivity contribution in [3.8, 4) is 0 Å². The summed E-state index contributed by atoms with van der Waals surface area (Å²) in [6, 6.07) is -3.23. The van der Waals surface area contributed by atoms with Crippen LogP contribution in [0.1, 0.15) is 175 Å². The van der Waals surface area contributed by atoms with Gasteiger partial charge in [-0.15, -0.1) is 0 Å². The fourth-order valence-corrected chi connectivity index (χ4v) is 15.3. The van der Waals surface area contributed by atoms with Crippen LogP contribution in [0.25, 0.3) is 11.2 Å². The number of amides is 8. The van der Waals surface area contributed by atoms with Crippen LogP contribution in [-0.2, 0) is 109 Å². The molecule has 129 heavy (non-hydrogen) atoms. The summed E-state index contributed by atoms with van der Waals surface area (Å²) in [6.07, 6.45) is -9.30. The molecule has 740 valence electrons. The van der Waals surface area contributed by atoms with Crippen LogP contribution in [0.4, 0.5) is 5.95 Å². The molecule has 0 bridgehead atoms. The van der Waals surface area contributed by atoms with Crippen molar-refractivity contribution in [2.45, 2.75) is 290 Å². The van der Waals surface area contributed by atoms with Crippen LogP contribution < -0.4 is 53.8 Å². The number of nitrogens with two attached hydrogens (primary N) is 1. The Morgan fingerprint density at radius 3 is 1.24 bits per heavy atom. The molecule has 6 heterocycles. The molecule has 2 aromatic rings. The van der Waals surface area contributed by atoms with Gasteiger partial charge in [0.1, 0.15) is 96.9 Å². The van der Waals surface area contributed by atoms with Crippen LogP contribution in [0.2, 0.25) is 0 Å². The van der Waals surface area contributed by atoms with Crippen molar-refractivity contribution in [2.24, 2.45) is 0 Å². The topological polar surface area (TPSA) is 691 Å². The minimum Gasteiger partial charge on any atom is -0.394 e. The summed E-state index contributed by atoms with van der Waals surface area (Å²) >= 11 is 0. The number of aliphatic hydroxyl groups excluding tert-OH is 10. The van der Waals surface area contributed by atoms with Gasteiger partial charge in [-0.2, -0.15) is 4.98 Å². The van der Waals surface area contributed by atoms with E-state index in [-0.39, 0.29) is 165 Å². The van der Waals surface area contributed by atoms with Crippen molar-refractivity contribution in [1.82, 2.24) is 62.1 Å². The molecular weight excluding hydrogens is 1730 g/mol. The zero-order valence-electron chi connectivity index (χ0n) is 74.0. The number of carbonyl (C=O) groups excluding carboxylic acids is 8. The Kier molecular flexibility index (Phi) is 51.9. The summed E-state index contributed by atoms with van der Waals surface area (Å²) in [4.78, 5) is 136. The zero-order chi connectivity index (χ0) is 94.3. The molecule has 0 spiro atoms. The van der Waals surface area contributed by atoms with E-state index >= 15 is 0 Å². The van der Waals surface area contributed by atoms with Crippen molar-refractivity contribution in [3.63, 3.8) is 0 Å². The lowest BCUT2D eigenvalue weighted by Gasteiger charge is -2.42. The van der Waals surface area contributed by atoms with Gasteiger partial charge < -0.3 is 161 Å². The predicted octanol–water partition coefficient (Wildman–Crippen LogP) is -4.65. The number of imidazole rings is 1. The van der Waals surface area contributed by atoms with Gasteiger partial charge in [-0.05, 0) is 57.8 Å². The van der Waals surface area contributed by atoms with Gasteiger partial charge in [0.05, 0.1) is 92.2 Å². The first-order valence-electron chi connectivity index (χ1n) is 44.3. The van der Waals surface area contributed by atoms with Gasteiger partial charge in [-0.3, -0.25) is 61.7 Å². The summed E-state index contributed by atoms with van der Waals surface area (Å²) < 4.78 is 94.4. The molecule has 20 atom stereocenters. The van der Waals surface area contributed by atoms with Gasteiger partial charge >= 0.3 is 7.82 Å². The molecule has 0 aromatic carbocycles. The monoisotopic (exact) mass is 1870 g/mol. The highest BCUT2D eigenvalue weighted by molar-refractivity contribution is 7.47. The highest BCUT2D eigenvalue weighted by Gasteiger charge is 2.50. The maximum atomic E-state index is 14.1. The number of methoxy groups -OCH3 is 1. The third-order valence-electron chi connectivity index (χ3n) is 21.5. The molecule has 0 saturated carbocycles. The number of rotatable bonds is 67. The van der Waals surface area contributed by atoms with Crippen LogP contribution >= 0.6 is 7.82 Å². The molecule has 48 nitrogen and oxygen atoms in total. The number of anilines is 1. The lowest BCUT2D eigenvalue weighted by Crippen LogP contribution is -2.64. The highest BCUT2D eigenvalue weighted by Crippen LogP contribution is 2.45. The lowest BCUT2D eigenvalue weighted by atomic mass is 9.97. The molecular formula is C80H140N13O35P. The molecule has 1 unspecified atom stereocenters. The van der Waals surface area contributed by atoms with E-state index in [0.717, 1.165) is 19.3 Å². The number of phosphoric acid groups is 1. The van der Waals surface area contributed by atoms with Crippen molar-refractivity contribution in [2.75, 3.05) is 145 Å². The van der Waals surface area contributed by atoms with E-state index in [4.69, 9.17) is 71.6 Å². The summed E-state index contributed by atoms with van der Waals surface area (Å²) in [5.41, 5.74) is 3.63. The van der Waals surface area contributed by atoms with Crippen molar-refractivity contribution in [3.05, 3.63) is 16.7 Å². The van der Waals surface area contributed by atoms with E-state index < -0.39 is 185 Å². The molecule has 4 aliphatic heterocycles. The number of ether oxygens (including phenoxy) is 12. The normalized spacial score (nSPS) is 25.8. The molecule has 0 aliphatic carbocycles. The van der Waals surface area contributed by atoms with Gasteiger partial charge in [0, 0.05) is 106 Å². The first-order chi connectivity index (χ1) is 61.8. The maximum absolute atomic E-state index is 14.1. The SMILES string of the molecule is COCCO[C@@H]1[C@H](O)[C@@H](COP(=O)(O)OCCCCCCNC(=O)CCCC(=O)NC(COCCC(=O)NCCCCCCCO[C@@H]2O[C@H](CO)[C@H](O)[C@H](O)[C@H]2NC(C)=O)(COCCC(=O)NCCCCCCO[C@@H]2O[C@H](CO)[C@H](O)[C@H](O)[C@H]2NC(C)=O)COCCC(=O)NCCCCCCO[C@@H]2O[C@H](CO)[C@H](O)[C@H](O)[C@H]2NC(C)=O)O[C@H]1n1cnc2c(=O)[nH]c(N)nc21. The van der Waals surface area contributed by atoms with Crippen LogP contribution in [0.5, 0.6) is 0 Å². The first-order valence-corrected chi connectivity index (χ1v) is 45.8. The minimum absolute atomic E-state index is 0.0229. The van der Waals surface area contributed by atoms with Crippen molar-refractivity contribution in [1.29, 1.82) is 0 Å². The number of aromatic amines is 1. The molecule has 2 aromatic heterocycles. The van der Waals surface area contributed by atoms with E-state index in [1.807, 2.05) is 0 Å². The standard InChI is InChI=1S/C80H140N13O35P/c1-49(97)87-61-69(109)65(105)52(41-94)126-76(61)120-32-18-10-5-6-14-29-83-57(101)25-36-116-45-80(46-117-37-26-58(102)84-30-15-7-11-19-33-121-77-62(88-50(2)98)70(110)66(106)53(42-95)127-77,47-118-38-27-59(103)85-31-16-8-12-20-34-122-78-63(89-51(3)99)71(111)67(107)54(43-96)128-78)92-60(104)24-22-23-56(100)82-28-17-9-13-21-35-123-129(113,114)124-44-55-68(108)72(119-40-39-115-4)75(125-55)93-48-86-64-73(93)90-79(81)91-74(64)112/h48,52-55,61-63,65-72,75-78,94-96,105-111H,5-47H2,1-4H3,(H,82,100)(H,83,101)(H,84,102)(H,85,103)(H,87,97)(H,88,98)(H,89,99)(H,92,104)(H,113,114)(H3,81,90,91,112)/t52-,53-,54-,55-,61-,62-,63-,65+,66+,67+,68-,69-,70-,71-,72-,75-,76-,77-,78-/m1/s1. The number of aliphatic hydroxyl groups is 10. The van der Waals surface area contributed by atoms with Crippen molar-refractivity contribution < 1.29 is 165 Å². The number of carbonyl (C=O) groups is 8. The Morgan fingerprint density at radius 2 is 0.845 bits per heavy atom. The molecule has 4 aliphatic rings. The number of nitrogen functional groups attached to an aromatic ring is 1. The summed E-state index contributed by atoms with van der Waals surface area (Å²) in [5, 5.41) is 125. The smallest absolute Gasteiger partial charge is 0.394 e.